The van der Waals surface area contributed by atoms with Gasteiger partial charge in [0.05, 0.1) is 26.7 Å². The molecule has 1 amide bonds. The van der Waals surface area contributed by atoms with Gasteiger partial charge in [-0.1, -0.05) is 18.9 Å². The summed E-state index contributed by atoms with van der Waals surface area (Å²) in [6.45, 7) is 0. The molecule has 3 atom stereocenters. The third-order valence-corrected chi connectivity index (χ3v) is 5.51. The lowest BCUT2D eigenvalue weighted by atomic mass is 9.85. The van der Waals surface area contributed by atoms with Gasteiger partial charge in [-0.2, -0.15) is 0 Å². The van der Waals surface area contributed by atoms with E-state index < -0.39 is 12.0 Å². The molecule has 2 fully saturated rings. The van der Waals surface area contributed by atoms with Crippen LogP contribution in [-0.4, -0.2) is 54.2 Å². The number of hydrogen-bond acceptors (Lipinski definition) is 5. The normalized spacial score (nSPS) is 24.4. The van der Waals surface area contributed by atoms with Crippen LogP contribution in [-0.2, 0) is 14.3 Å². The third-order valence-electron chi connectivity index (χ3n) is 5.20. The van der Waals surface area contributed by atoms with Crippen molar-refractivity contribution in [3.63, 3.8) is 0 Å². The highest BCUT2D eigenvalue weighted by Crippen LogP contribution is 2.30. The van der Waals surface area contributed by atoms with E-state index in [9.17, 15) is 9.59 Å². The van der Waals surface area contributed by atoms with Crippen molar-refractivity contribution < 1.29 is 19.1 Å². The van der Waals surface area contributed by atoms with E-state index in [1.54, 1.807) is 7.11 Å². The predicted molar refractivity (Wildman–Crippen MR) is 106 cm³/mol. The van der Waals surface area contributed by atoms with Gasteiger partial charge in [0.2, 0.25) is 5.91 Å². The number of rotatable bonds is 4. The highest BCUT2D eigenvalue weighted by Gasteiger charge is 2.44. The molecule has 0 aromatic heterocycles. The number of esters is 1. The highest BCUT2D eigenvalue weighted by atomic mass is 32.1. The average molecular weight is 391 g/mol. The first-order valence-electron chi connectivity index (χ1n) is 9.14. The Morgan fingerprint density at radius 2 is 2.11 bits per heavy atom. The van der Waals surface area contributed by atoms with Crippen LogP contribution in [0, 0.1) is 0 Å². The summed E-state index contributed by atoms with van der Waals surface area (Å²) < 4.78 is 10.0. The van der Waals surface area contributed by atoms with Crippen LogP contribution in [0.4, 0.5) is 5.69 Å². The second kappa shape index (κ2) is 8.56. The smallest absolute Gasteiger partial charge is 0.308 e. The molecule has 27 heavy (non-hydrogen) atoms. The van der Waals surface area contributed by atoms with E-state index in [1.807, 2.05) is 29.2 Å². The Labute approximate surface area is 164 Å². The maximum atomic E-state index is 12.7. The summed E-state index contributed by atoms with van der Waals surface area (Å²) >= 11 is 5.66. The van der Waals surface area contributed by atoms with Crippen molar-refractivity contribution in [2.24, 2.45) is 0 Å². The number of fused-ring (bicyclic) bond motifs is 1. The Morgan fingerprint density at radius 3 is 2.85 bits per heavy atom. The number of methoxy groups -OCH3 is 2. The van der Waals surface area contributed by atoms with E-state index in [2.05, 4.69) is 10.6 Å². The zero-order chi connectivity index (χ0) is 19.4. The second-order valence-corrected chi connectivity index (χ2v) is 7.22. The van der Waals surface area contributed by atoms with Gasteiger partial charge < -0.3 is 25.0 Å². The molecular weight excluding hydrogens is 366 g/mol. The number of benzene rings is 1. The lowest BCUT2D eigenvalue weighted by Gasteiger charge is -2.49. The topological polar surface area (TPSA) is 79.9 Å². The molecule has 1 aromatic rings. The number of thiocarbonyl (C=S) groups is 1. The van der Waals surface area contributed by atoms with Gasteiger partial charge in [-0.3, -0.25) is 9.59 Å². The molecule has 1 saturated carbocycles. The van der Waals surface area contributed by atoms with Gasteiger partial charge in [-0.25, -0.2) is 0 Å². The van der Waals surface area contributed by atoms with E-state index in [-0.39, 0.29) is 24.4 Å². The van der Waals surface area contributed by atoms with Gasteiger partial charge in [0.15, 0.2) is 5.11 Å². The third kappa shape index (κ3) is 4.32. The van der Waals surface area contributed by atoms with E-state index in [4.69, 9.17) is 21.7 Å². The molecule has 2 N–H and O–H groups in total. The van der Waals surface area contributed by atoms with Gasteiger partial charge in [-0.15, -0.1) is 0 Å². The van der Waals surface area contributed by atoms with Gasteiger partial charge in [0.25, 0.3) is 0 Å². The summed E-state index contributed by atoms with van der Waals surface area (Å²) in [6.07, 6.45) is 3.95. The summed E-state index contributed by atoms with van der Waals surface area (Å²) in [5.41, 5.74) is 0.773. The van der Waals surface area contributed by atoms with Crippen LogP contribution in [0.1, 0.15) is 32.1 Å². The van der Waals surface area contributed by atoms with Crippen LogP contribution in [0.5, 0.6) is 5.75 Å². The standard InChI is InChI=1S/C19H25N3O4S/c1-25-13-7-5-6-12(10-13)20-19(27)22-15-9-4-3-8-14(15)21-18(24)16(22)11-17(23)26-2/h5-7,10,14-16H,3-4,8-9,11H2,1-2H3,(H,20,27)(H,21,24)/t14-,15+,16+/m0/s1. The number of carbonyl (C=O) groups excluding carboxylic acids is 2. The molecule has 2 aliphatic rings. The van der Waals surface area contributed by atoms with Crippen LogP contribution in [0.25, 0.3) is 0 Å². The Balaban J connectivity index is 1.85. The quantitative estimate of drug-likeness (QED) is 0.601. The minimum Gasteiger partial charge on any atom is -0.497 e. The summed E-state index contributed by atoms with van der Waals surface area (Å²) in [5, 5.41) is 6.71. The minimum absolute atomic E-state index is 0.0362. The first-order chi connectivity index (χ1) is 13.0. The lowest BCUT2D eigenvalue weighted by molar-refractivity contribution is -0.146. The number of nitrogens with zero attached hydrogens (tertiary/aromatic N) is 1. The molecule has 1 heterocycles. The monoisotopic (exact) mass is 391 g/mol. The largest absolute Gasteiger partial charge is 0.497 e. The van der Waals surface area contributed by atoms with Gasteiger partial charge in [0.1, 0.15) is 11.8 Å². The van der Waals surface area contributed by atoms with Crippen LogP contribution in [0.2, 0.25) is 0 Å². The lowest BCUT2D eigenvalue weighted by Crippen LogP contribution is -2.68. The van der Waals surface area contributed by atoms with E-state index in [1.165, 1.54) is 7.11 Å². The molecule has 0 radical (unpaired) electrons. The van der Waals surface area contributed by atoms with Crippen LogP contribution in [0.3, 0.4) is 0 Å². The maximum absolute atomic E-state index is 12.7. The molecule has 1 aliphatic heterocycles. The Bertz CT molecular complexity index is 727. The number of nitrogens with one attached hydrogen (secondary N) is 2. The van der Waals surface area contributed by atoms with E-state index >= 15 is 0 Å². The number of hydrogen-bond donors (Lipinski definition) is 2. The molecule has 1 aromatic carbocycles. The van der Waals surface area contributed by atoms with Crippen molar-refractivity contribution in [2.75, 3.05) is 19.5 Å². The van der Waals surface area contributed by atoms with Gasteiger partial charge in [-0.05, 0) is 37.2 Å². The first-order valence-corrected chi connectivity index (χ1v) is 9.55. The molecule has 1 saturated heterocycles. The van der Waals surface area contributed by atoms with Crippen molar-refractivity contribution in [1.82, 2.24) is 10.2 Å². The Morgan fingerprint density at radius 1 is 1.33 bits per heavy atom. The van der Waals surface area contributed by atoms with Crippen LogP contribution >= 0.6 is 12.2 Å². The molecule has 0 unspecified atom stereocenters. The maximum Gasteiger partial charge on any atom is 0.308 e. The summed E-state index contributed by atoms with van der Waals surface area (Å²) in [7, 11) is 2.93. The fourth-order valence-corrected chi connectivity index (χ4v) is 4.24. The van der Waals surface area contributed by atoms with Gasteiger partial charge in [0, 0.05) is 17.8 Å². The molecule has 0 bridgehead atoms. The summed E-state index contributed by atoms with van der Waals surface area (Å²) in [6, 6.07) is 6.86. The number of carbonyl (C=O) groups is 2. The Hall–Kier alpha value is -2.35. The first kappa shape index (κ1) is 19.4. The SMILES string of the molecule is COC(=O)C[C@@H]1C(=O)N[C@H]2CCCC[C@H]2N1C(=S)Nc1cccc(OC)c1. The number of anilines is 1. The van der Waals surface area contributed by atoms with Crippen molar-refractivity contribution >= 4 is 34.9 Å². The number of ether oxygens (including phenoxy) is 2. The van der Waals surface area contributed by atoms with Crippen LogP contribution < -0.4 is 15.4 Å². The number of amides is 1. The van der Waals surface area contributed by atoms with Crippen molar-refractivity contribution in [3.8, 4) is 5.75 Å². The zero-order valence-electron chi connectivity index (χ0n) is 15.6. The molecule has 146 valence electrons. The molecule has 8 heteroatoms. The summed E-state index contributed by atoms with van der Waals surface area (Å²) in [4.78, 5) is 26.5. The number of piperazine rings is 1. The molecule has 0 spiro atoms. The molecular formula is C19H25N3O4S. The fraction of sp³-hybridized carbons (Fsp3) is 0.526. The molecule has 3 rings (SSSR count). The van der Waals surface area contributed by atoms with Gasteiger partial charge >= 0.3 is 5.97 Å². The minimum atomic E-state index is -0.678. The van der Waals surface area contributed by atoms with Crippen molar-refractivity contribution in [1.29, 1.82) is 0 Å². The van der Waals surface area contributed by atoms with E-state index in [0.717, 1.165) is 31.4 Å². The Kier molecular flexibility index (Phi) is 6.15. The fourth-order valence-electron chi connectivity index (χ4n) is 3.86. The van der Waals surface area contributed by atoms with Crippen LogP contribution in [0.15, 0.2) is 24.3 Å². The average Bonchev–Trinajstić information content (AvgIpc) is 2.68. The van der Waals surface area contributed by atoms with Crippen molar-refractivity contribution in [3.05, 3.63) is 24.3 Å². The molecule has 7 nitrogen and oxygen atoms in total. The molecule has 1 aliphatic carbocycles. The zero-order valence-corrected chi connectivity index (χ0v) is 16.4. The predicted octanol–water partition coefficient (Wildman–Crippen LogP) is 2.07. The van der Waals surface area contributed by atoms with E-state index in [0.29, 0.717) is 10.9 Å². The van der Waals surface area contributed by atoms with Crippen molar-refractivity contribution in [2.45, 2.75) is 50.2 Å². The second-order valence-electron chi connectivity index (χ2n) is 6.83. The summed E-state index contributed by atoms with van der Waals surface area (Å²) in [5.74, 6) is 0.0952. The highest BCUT2D eigenvalue weighted by molar-refractivity contribution is 7.80.